The number of carbonyl (C=O) groups is 2. The van der Waals surface area contributed by atoms with Gasteiger partial charge in [-0.1, -0.05) is 24.3 Å². The van der Waals surface area contributed by atoms with E-state index in [4.69, 9.17) is 0 Å². The first-order valence-corrected chi connectivity index (χ1v) is 13.1. The minimum Gasteiger partial charge on any atom is -0.354 e. The summed E-state index contributed by atoms with van der Waals surface area (Å²) in [5, 5.41) is 0. The fraction of sp³-hybridized carbons (Fsp3) is 0.367. The van der Waals surface area contributed by atoms with E-state index in [1.807, 2.05) is 7.05 Å². The number of amides is 1. The van der Waals surface area contributed by atoms with Crippen LogP contribution >= 0.6 is 0 Å². The van der Waals surface area contributed by atoms with Gasteiger partial charge in [0.25, 0.3) is 0 Å². The molecule has 0 saturated carbocycles. The van der Waals surface area contributed by atoms with Crippen molar-refractivity contribution in [2.24, 2.45) is 0 Å². The smallest absolute Gasteiger partial charge is 0.354 e. The lowest BCUT2D eigenvalue weighted by molar-refractivity contribution is -0.143. The van der Waals surface area contributed by atoms with Crippen LogP contribution in [0.4, 0.5) is 37.8 Å². The number of aldehydes is 1. The van der Waals surface area contributed by atoms with Gasteiger partial charge in [-0.15, -0.1) is 0 Å². The Balaban J connectivity index is 1.82. The highest BCUT2D eigenvalue weighted by Gasteiger charge is 2.41. The normalized spacial score (nSPS) is 15.0. The van der Waals surface area contributed by atoms with Crippen molar-refractivity contribution in [1.82, 2.24) is 9.88 Å². The minimum absolute atomic E-state index is 0.0310. The van der Waals surface area contributed by atoms with Gasteiger partial charge < -0.3 is 14.7 Å². The maximum absolute atomic E-state index is 13.9. The third kappa shape index (κ3) is 6.28. The molecule has 0 atom stereocenters. The summed E-state index contributed by atoms with van der Waals surface area (Å²) in [6.07, 6.45) is -8.01. The molecule has 2 aromatic carbocycles. The molecule has 1 saturated heterocycles. The molecule has 0 aliphatic carbocycles. The zero-order valence-corrected chi connectivity index (χ0v) is 23.5. The summed E-state index contributed by atoms with van der Waals surface area (Å²) in [6, 6.07) is 9.61. The molecule has 6 nitrogen and oxygen atoms in total. The number of benzene rings is 2. The number of alkyl halides is 6. The maximum Gasteiger partial charge on any atom is 0.416 e. The Morgan fingerprint density at radius 1 is 0.857 bits per heavy atom. The van der Waals surface area contributed by atoms with Crippen LogP contribution < -0.4 is 9.80 Å². The number of aromatic nitrogens is 1. The SMILES string of the molecule is CN1CCN(c2cc(-c3ccccc3C=O)c(N(C)C(=O)C(C)(C)c3cc(C(F)(F)F)cc(C(F)(F)F)c3)cn2)CC1. The lowest BCUT2D eigenvalue weighted by Crippen LogP contribution is -2.45. The lowest BCUT2D eigenvalue weighted by atomic mass is 9.81. The number of hydrogen-bond donors (Lipinski definition) is 0. The quantitative estimate of drug-likeness (QED) is 0.249. The van der Waals surface area contributed by atoms with Gasteiger partial charge in [0.2, 0.25) is 5.91 Å². The number of rotatable bonds is 6. The van der Waals surface area contributed by atoms with E-state index in [-0.39, 0.29) is 11.8 Å². The van der Waals surface area contributed by atoms with E-state index in [9.17, 15) is 35.9 Å². The first-order chi connectivity index (χ1) is 19.5. The van der Waals surface area contributed by atoms with Crippen molar-refractivity contribution < 1.29 is 35.9 Å². The van der Waals surface area contributed by atoms with Gasteiger partial charge in [0.15, 0.2) is 6.29 Å². The van der Waals surface area contributed by atoms with E-state index in [1.165, 1.54) is 27.1 Å². The predicted molar refractivity (Wildman–Crippen MR) is 148 cm³/mol. The first kappa shape index (κ1) is 31.0. The third-order valence-electron chi connectivity index (χ3n) is 7.58. The molecule has 42 heavy (non-hydrogen) atoms. The summed E-state index contributed by atoms with van der Waals surface area (Å²) in [6.45, 7) is 5.52. The molecule has 0 radical (unpaired) electrons. The average molecular weight is 593 g/mol. The van der Waals surface area contributed by atoms with E-state index in [1.54, 1.807) is 30.3 Å². The molecule has 224 valence electrons. The maximum atomic E-state index is 13.9. The second kappa shape index (κ2) is 11.4. The summed E-state index contributed by atoms with van der Waals surface area (Å²) in [7, 11) is 3.38. The van der Waals surface area contributed by atoms with Crippen molar-refractivity contribution in [2.45, 2.75) is 31.6 Å². The molecule has 1 aliphatic heterocycles. The summed E-state index contributed by atoms with van der Waals surface area (Å²) in [5.74, 6) is -0.163. The highest BCUT2D eigenvalue weighted by Crippen LogP contribution is 2.41. The first-order valence-electron chi connectivity index (χ1n) is 13.1. The van der Waals surface area contributed by atoms with Gasteiger partial charge in [0.1, 0.15) is 5.82 Å². The summed E-state index contributed by atoms with van der Waals surface area (Å²) in [4.78, 5) is 35.7. The minimum atomic E-state index is -5.06. The molecule has 1 aliphatic rings. The van der Waals surface area contributed by atoms with Crippen LogP contribution in [-0.4, -0.2) is 62.4 Å². The summed E-state index contributed by atoms with van der Waals surface area (Å²) in [5.41, 5.74) is -3.73. The predicted octanol–water partition coefficient (Wildman–Crippen LogP) is 6.29. The van der Waals surface area contributed by atoms with Crippen molar-refractivity contribution in [3.63, 3.8) is 0 Å². The van der Waals surface area contributed by atoms with Gasteiger partial charge in [-0.25, -0.2) is 4.98 Å². The Hall–Kier alpha value is -3.93. The summed E-state index contributed by atoms with van der Waals surface area (Å²) < 4.78 is 81.4. The van der Waals surface area contributed by atoms with Crippen LogP contribution in [0.25, 0.3) is 11.1 Å². The molecule has 0 bridgehead atoms. The molecule has 1 amide bonds. The van der Waals surface area contributed by atoms with Gasteiger partial charge in [-0.3, -0.25) is 9.59 Å². The van der Waals surface area contributed by atoms with Crippen molar-refractivity contribution in [3.05, 3.63) is 77.0 Å². The Labute approximate surface area is 239 Å². The molecule has 12 heteroatoms. The third-order valence-corrected chi connectivity index (χ3v) is 7.58. The van der Waals surface area contributed by atoms with Gasteiger partial charge in [0, 0.05) is 44.4 Å². The standard InChI is InChI=1S/C30H30F6N4O2/c1-28(2,20-13-21(29(31,32)33)15-22(14-20)30(34,35)36)27(42)39(4)25-17-37-26(40-11-9-38(3)10-12-40)16-24(25)23-8-6-5-7-19(23)18-41/h5-8,13-18H,9-12H2,1-4H3. The lowest BCUT2D eigenvalue weighted by Gasteiger charge is -2.34. The zero-order valence-electron chi connectivity index (χ0n) is 23.5. The zero-order chi connectivity index (χ0) is 31.0. The van der Waals surface area contributed by atoms with E-state index in [2.05, 4.69) is 14.8 Å². The average Bonchev–Trinajstić information content (AvgIpc) is 2.95. The van der Waals surface area contributed by atoms with Crippen molar-refractivity contribution in [3.8, 4) is 11.1 Å². The highest BCUT2D eigenvalue weighted by molar-refractivity contribution is 6.04. The second-order valence-corrected chi connectivity index (χ2v) is 10.8. The number of piperazine rings is 1. The highest BCUT2D eigenvalue weighted by atomic mass is 19.4. The number of carbonyl (C=O) groups excluding carboxylic acids is 2. The topological polar surface area (TPSA) is 56.8 Å². The van der Waals surface area contributed by atoms with Crippen LogP contribution in [0.3, 0.4) is 0 Å². The molecule has 4 rings (SSSR count). The molecular formula is C30H30F6N4O2. The van der Waals surface area contributed by atoms with Crippen LogP contribution in [0.1, 0.15) is 40.9 Å². The van der Waals surface area contributed by atoms with Crippen LogP contribution in [-0.2, 0) is 22.6 Å². The number of halogens is 6. The molecular weight excluding hydrogens is 562 g/mol. The Kier molecular flexibility index (Phi) is 8.41. The molecule has 3 aromatic rings. The van der Waals surface area contributed by atoms with Crippen LogP contribution in [0, 0.1) is 0 Å². The fourth-order valence-electron chi connectivity index (χ4n) is 4.94. The molecule has 0 spiro atoms. The fourth-order valence-corrected chi connectivity index (χ4v) is 4.94. The second-order valence-electron chi connectivity index (χ2n) is 10.8. The van der Waals surface area contributed by atoms with Crippen LogP contribution in [0.15, 0.2) is 54.7 Å². The van der Waals surface area contributed by atoms with E-state index < -0.39 is 40.4 Å². The largest absolute Gasteiger partial charge is 0.416 e. The molecule has 0 N–H and O–H groups in total. The monoisotopic (exact) mass is 592 g/mol. The molecule has 2 heterocycles. The number of anilines is 2. The van der Waals surface area contributed by atoms with Crippen LogP contribution in [0.5, 0.6) is 0 Å². The van der Waals surface area contributed by atoms with E-state index in [0.717, 1.165) is 18.0 Å². The summed E-state index contributed by atoms with van der Waals surface area (Å²) >= 11 is 0. The number of likely N-dealkylation sites (N-methyl/N-ethyl adjacent to an activating group) is 2. The van der Waals surface area contributed by atoms with Crippen molar-refractivity contribution >= 4 is 23.7 Å². The van der Waals surface area contributed by atoms with Gasteiger partial charge in [0.05, 0.1) is 28.4 Å². The van der Waals surface area contributed by atoms with E-state index in [0.29, 0.717) is 54.0 Å². The number of nitrogens with zero attached hydrogens (tertiary/aromatic N) is 4. The molecule has 1 aromatic heterocycles. The number of hydrogen-bond acceptors (Lipinski definition) is 5. The Morgan fingerprint density at radius 2 is 1.40 bits per heavy atom. The van der Waals surface area contributed by atoms with Gasteiger partial charge >= 0.3 is 12.4 Å². The molecule has 1 fully saturated rings. The molecule has 0 unspecified atom stereocenters. The van der Waals surface area contributed by atoms with Crippen LogP contribution in [0.2, 0.25) is 0 Å². The number of pyridine rings is 1. The Morgan fingerprint density at radius 3 is 1.95 bits per heavy atom. The van der Waals surface area contributed by atoms with Crippen molar-refractivity contribution in [2.75, 3.05) is 50.1 Å². The van der Waals surface area contributed by atoms with Crippen molar-refractivity contribution in [1.29, 1.82) is 0 Å². The van der Waals surface area contributed by atoms with Gasteiger partial charge in [-0.2, -0.15) is 26.3 Å². The Bertz CT molecular complexity index is 1450. The van der Waals surface area contributed by atoms with Gasteiger partial charge in [-0.05, 0) is 56.3 Å². The van der Waals surface area contributed by atoms with E-state index >= 15 is 0 Å².